The van der Waals surface area contributed by atoms with Gasteiger partial charge in [0.2, 0.25) is 0 Å². The molecule has 1 aromatic rings. The van der Waals surface area contributed by atoms with Crippen molar-refractivity contribution in [1.29, 1.82) is 0 Å². The molecule has 0 saturated heterocycles. The van der Waals surface area contributed by atoms with Crippen molar-refractivity contribution in [2.45, 2.75) is 39.3 Å². The third kappa shape index (κ3) is 4.92. The molecule has 0 aromatic heterocycles. The lowest BCUT2D eigenvalue weighted by molar-refractivity contribution is 0.143. The summed E-state index contributed by atoms with van der Waals surface area (Å²) in [5.41, 5.74) is 0.842. The van der Waals surface area contributed by atoms with Gasteiger partial charge in [0.1, 0.15) is 5.82 Å². The van der Waals surface area contributed by atoms with Gasteiger partial charge < -0.3 is 10.4 Å². The summed E-state index contributed by atoms with van der Waals surface area (Å²) in [6.45, 7) is 6.60. The first kappa shape index (κ1) is 15.4. The van der Waals surface area contributed by atoms with Crippen LogP contribution in [0, 0.1) is 11.7 Å². The van der Waals surface area contributed by atoms with Crippen LogP contribution in [0.3, 0.4) is 0 Å². The Morgan fingerprint density at radius 2 is 2.00 bits per heavy atom. The fraction of sp³-hybridized carbons (Fsp3) is 0.571. The second-order valence-electron chi connectivity index (χ2n) is 5.08. The van der Waals surface area contributed by atoms with Crippen molar-refractivity contribution in [3.05, 3.63) is 34.6 Å². The Morgan fingerprint density at radius 3 is 2.56 bits per heavy atom. The van der Waals surface area contributed by atoms with Crippen molar-refractivity contribution in [1.82, 2.24) is 5.32 Å². The van der Waals surface area contributed by atoms with Crippen LogP contribution < -0.4 is 5.32 Å². The standard InChI is InChI=1S/C14H21ClFNO/c1-9(2)6-12(18)8-17-10(3)13-5-4-11(16)7-14(13)15/h4-5,7,9-10,12,17-18H,6,8H2,1-3H3. The monoisotopic (exact) mass is 273 g/mol. The van der Waals surface area contributed by atoms with Crippen LogP contribution >= 0.6 is 11.6 Å². The van der Waals surface area contributed by atoms with Crippen molar-refractivity contribution in [3.8, 4) is 0 Å². The number of halogens is 2. The van der Waals surface area contributed by atoms with Crippen molar-refractivity contribution in [3.63, 3.8) is 0 Å². The lowest BCUT2D eigenvalue weighted by Gasteiger charge is -2.19. The lowest BCUT2D eigenvalue weighted by atomic mass is 10.0. The molecule has 18 heavy (non-hydrogen) atoms. The highest BCUT2D eigenvalue weighted by atomic mass is 35.5. The number of aliphatic hydroxyl groups excluding tert-OH is 1. The molecule has 1 rings (SSSR count). The van der Waals surface area contributed by atoms with Gasteiger partial charge in [0, 0.05) is 17.6 Å². The molecule has 0 heterocycles. The summed E-state index contributed by atoms with van der Waals surface area (Å²) in [6, 6.07) is 4.35. The van der Waals surface area contributed by atoms with Gasteiger partial charge in [-0.3, -0.25) is 0 Å². The van der Waals surface area contributed by atoms with E-state index in [1.165, 1.54) is 12.1 Å². The van der Waals surface area contributed by atoms with Gasteiger partial charge >= 0.3 is 0 Å². The van der Waals surface area contributed by atoms with Crippen molar-refractivity contribution < 1.29 is 9.50 Å². The molecule has 2 nitrogen and oxygen atoms in total. The number of rotatable bonds is 6. The molecule has 102 valence electrons. The minimum Gasteiger partial charge on any atom is -0.392 e. The molecule has 2 unspecified atom stereocenters. The van der Waals surface area contributed by atoms with Crippen LogP contribution in [0.4, 0.5) is 4.39 Å². The predicted octanol–water partition coefficient (Wildman–Crippen LogP) is 3.54. The molecule has 0 radical (unpaired) electrons. The van der Waals surface area contributed by atoms with E-state index in [4.69, 9.17) is 11.6 Å². The predicted molar refractivity (Wildman–Crippen MR) is 73.3 cm³/mol. The normalized spacial score (nSPS) is 14.8. The van der Waals surface area contributed by atoms with Gasteiger partial charge in [0.15, 0.2) is 0 Å². The fourth-order valence-electron chi connectivity index (χ4n) is 1.90. The number of hydrogen-bond donors (Lipinski definition) is 2. The minimum absolute atomic E-state index is 0.0140. The molecule has 4 heteroatoms. The van der Waals surface area contributed by atoms with Crippen LogP contribution in [0.1, 0.15) is 38.8 Å². The highest BCUT2D eigenvalue weighted by Gasteiger charge is 2.12. The molecule has 0 aliphatic rings. The smallest absolute Gasteiger partial charge is 0.124 e. The average Bonchev–Trinajstić information content (AvgIpc) is 2.25. The Hall–Kier alpha value is -0.640. The third-order valence-corrected chi connectivity index (χ3v) is 3.16. The van der Waals surface area contributed by atoms with Gasteiger partial charge in [0.05, 0.1) is 6.10 Å². The van der Waals surface area contributed by atoms with E-state index in [9.17, 15) is 9.50 Å². The second-order valence-corrected chi connectivity index (χ2v) is 5.49. The highest BCUT2D eigenvalue weighted by Crippen LogP contribution is 2.23. The van der Waals surface area contributed by atoms with E-state index in [2.05, 4.69) is 19.2 Å². The largest absolute Gasteiger partial charge is 0.392 e. The lowest BCUT2D eigenvalue weighted by Crippen LogP contribution is -2.30. The van der Waals surface area contributed by atoms with Gasteiger partial charge in [-0.1, -0.05) is 31.5 Å². The number of hydrogen-bond acceptors (Lipinski definition) is 2. The van der Waals surface area contributed by atoms with E-state index >= 15 is 0 Å². The Bertz CT molecular complexity index is 384. The quantitative estimate of drug-likeness (QED) is 0.831. The van der Waals surface area contributed by atoms with E-state index in [1.807, 2.05) is 6.92 Å². The zero-order valence-electron chi connectivity index (χ0n) is 11.1. The first-order chi connectivity index (χ1) is 8.40. The maximum Gasteiger partial charge on any atom is 0.124 e. The molecule has 0 spiro atoms. The maximum atomic E-state index is 12.9. The third-order valence-electron chi connectivity index (χ3n) is 2.83. The van der Waals surface area contributed by atoms with Crippen LogP contribution in [0.2, 0.25) is 5.02 Å². The van der Waals surface area contributed by atoms with Crippen LogP contribution in [0.25, 0.3) is 0 Å². The Balaban J connectivity index is 2.52. The van der Waals surface area contributed by atoms with Gasteiger partial charge in [-0.05, 0) is 37.0 Å². The number of aliphatic hydroxyl groups is 1. The topological polar surface area (TPSA) is 32.3 Å². The van der Waals surface area contributed by atoms with Crippen molar-refractivity contribution in [2.75, 3.05) is 6.54 Å². The Morgan fingerprint density at radius 1 is 1.33 bits per heavy atom. The van der Waals surface area contributed by atoms with E-state index < -0.39 is 0 Å². The molecule has 0 aliphatic heterocycles. The molecule has 0 saturated carbocycles. The minimum atomic E-state index is -0.369. The summed E-state index contributed by atoms with van der Waals surface area (Å²) in [5, 5.41) is 13.4. The second kappa shape index (κ2) is 7.07. The van der Waals surface area contributed by atoms with E-state index in [0.717, 1.165) is 12.0 Å². The Labute approximate surface area is 113 Å². The van der Waals surface area contributed by atoms with Crippen LogP contribution in [0.5, 0.6) is 0 Å². The first-order valence-electron chi connectivity index (χ1n) is 6.26. The summed E-state index contributed by atoms with van der Waals surface area (Å²) in [7, 11) is 0. The highest BCUT2D eigenvalue weighted by molar-refractivity contribution is 6.31. The average molecular weight is 274 g/mol. The summed E-state index contributed by atoms with van der Waals surface area (Å²) in [5.74, 6) is 0.127. The molecule has 2 atom stereocenters. The molecule has 0 fully saturated rings. The Kier molecular flexibility index (Phi) is 6.06. The van der Waals surface area contributed by atoms with Gasteiger partial charge in [-0.15, -0.1) is 0 Å². The van der Waals surface area contributed by atoms with E-state index in [-0.39, 0.29) is 18.0 Å². The zero-order chi connectivity index (χ0) is 13.7. The van der Waals surface area contributed by atoms with Crippen molar-refractivity contribution in [2.24, 2.45) is 5.92 Å². The summed E-state index contributed by atoms with van der Waals surface area (Å²) < 4.78 is 12.9. The molecule has 0 bridgehead atoms. The first-order valence-corrected chi connectivity index (χ1v) is 6.64. The molecular formula is C14H21ClFNO. The SMILES string of the molecule is CC(C)CC(O)CNC(C)c1ccc(F)cc1Cl. The van der Waals surface area contributed by atoms with Gasteiger partial charge in [-0.25, -0.2) is 4.39 Å². The molecule has 0 aliphatic carbocycles. The molecule has 0 amide bonds. The summed E-state index contributed by atoms with van der Waals surface area (Å²) in [6.07, 6.45) is 0.392. The zero-order valence-corrected chi connectivity index (χ0v) is 11.8. The molecular weight excluding hydrogens is 253 g/mol. The van der Waals surface area contributed by atoms with E-state index in [1.54, 1.807) is 6.07 Å². The fourth-order valence-corrected chi connectivity index (χ4v) is 2.23. The number of benzene rings is 1. The van der Waals surface area contributed by atoms with Gasteiger partial charge in [-0.2, -0.15) is 0 Å². The maximum absolute atomic E-state index is 12.9. The summed E-state index contributed by atoms with van der Waals surface area (Å²) in [4.78, 5) is 0. The van der Waals surface area contributed by atoms with Crippen LogP contribution in [0.15, 0.2) is 18.2 Å². The molecule has 1 aromatic carbocycles. The van der Waals surface area contributed by atoms with Crippen molar-refractivity contribution >= 4 is 11.6 Å². The number of nitrogens with one attached hydrogen (secondary N) is 1. The van der Waals surface area contributed by atoms with E-state index in [0.29, 0.717) is 17.5 Å². The van der Waals surface area contributed by atoms with Crippen LogP contribution in [-0.4, -0.2) is 17.8 Å². The van der Waals surface area contributed by atoms with Crippen LogP contribution in [-0.2, 0) is 0 Å². The molecule has 2 N–H and O–H groups in total. The van der Waals surface area contributed by atoms with Gasteiger partial charge in [0.25, 0.3) is 0 Å². The summed E-state index contributed by atoms with van der Waals surface area (Å²) >= 11 is 5.98.